The average Bonchev–Trinajstić information content (AvgIpc) is 2.93. The molecule has 0 aliphatic carbocycles. The van der Waals surface area contributed by atoms with Crippen LogP contribution in [0.5, 0.6) is 0 Å². The third-order valence-electron chi connectivity index (χ3n) is 5.32. The molecule has 0 aliphatic rings. The number of para-hydroxylation sites is 1. The van der Waals surface area contributed by atoms with E-state index >= 15 is 0 Å². The molecule has 1 aromatic heterocycles. The van der Waals surface area contributed by atoms with Crippen LogP contribution in [0, 0.1) is 13.8 Å². The first-order chi connectivity index (χ1) is 13.2. The van der Waals surface area contributed by atoms with E-state index in [0.29, 0.717) is 0 Å². The van der Waals surface area contributed by atoms with Crippen LogP contribution >= 0.6 is 0 Å². The van der Waals surface area contributed by atoms with E-state index in [2.05, 4.69) is 96.4 Å². The second kappa shape index (κ2) is 7.28. The van der Waals surface area contributed by atoms with E-state index in [1.165, 1.54) is 44.2 Å². The van der Waals surface area contributed by atoms with Gasteiger partial charge in [0.15, 0.2) is 0 Å². The molecule has 0 spiro atoms. The number of aromatic nitrogens is 1. The highest BCUT2D eigenvalue weighted by Gasteiger charge is 2.11. The van der Waals surface area contributed by atoms with Crippen LogP contribution in [0.3, 0.4) is 0 Å². The molecule has 0 atom stereocenters. The van der Waals surface area contributed by atoms with Gasteiger partial charge in [-0.1, -0.05) is 54.6 Å². The largest absolute Gasteiger partial charge is 0.383 e. The van der Waals surface area contributed by atoms with Crippen molar-refractivity contribution in [3.05, 3.63) is 77.5 Å². The van der Waals surface area contributed by atoms with E-state index in [1.54, 1.807) is 0 Å². The Labute approximate surface area is 160 Å². The molecular formula is C24H25N3. The second-order valence-corrected chi connectivity index (χ2v) is 7.02. The Morgan fingerprint density at radius 1 is 0.926 bits per heavy atom. The molecule has 0 radical (unpaired) electrons. The molecule has 4 rings (SSSR count). The lowest BCUT2D eigenvalue weighted by Crippen LogP contribution is -2.05. The maximum absolute atomic E-state index is 4.69. The Morgan fingerprint density at radius 2 is 1.67 bits per heavy atom. The highest BCUT2D eigenvalue weighted by molar-refractivity contribution is 6.02. The smallest absolute Gasteiger partial charge is 0.0562 e. The zero-order valence-corrected chi connectivity index (χ0v) is 16.2. The van der Waals surface area contributed by atoms with Crippen LogP contribution < -0.4 is 5.32 Å². The molecule has 136 valence electrons. The number of nitrogens with zero attached hydrogens (tertiary/aromatic N) is 2. The molecule has 27 heavy (non-hydrogen) atoms. The Morgan fingerprint density at radius 3 is 2.56 bits per heavy atom. The lowest BCUT2D eigenvalue weighted by molar-refractivity contribution is 0.912. The van der Waals surface area contributed by atoms with Gasteiger partial charge in [-0.25, -0.2) is 0 Å². The number of hydrogen-bond acceptors (Lipinski definition) is 2. The molecule has 3 nitrogen and oxygen atoms in total. The summed E-state index contributed by atoms with van der Waals surface area (Å²) in [6, 6.07) is 21.3. The zero-order chi connectivity index (χ0) is 18.8. The van der Waals surface area contributed by atoms with E-state index in [9.17, 15) is 0 Å². The molecule has 3 heteroatoms. The summed E-state index contributed by atoms with van der Waals surface area (Å²) in [4.78, 5) is 4.69. The minimum absolute atomic E-state index is 0.741. The van der Waals surface area contributed by atoms with E-state index in [4.69, 9.17) is 0 Å². The SMILES string of the molecule is Cc1cccc2c(C=NCCNc3cccc4ccccc34)c(C)n(C)c12. The molecule has 0 bridgehead atoms. The Kier molecular flexibility index (Phi) is 4.68. The molecule has 3 aromatic carbocycles. The predicted octanol–water partition coefficient (Wildman–Crippen LogP) is 5.48. The fourth-order valence-corrected chi connectivity index (χ4v) is 3.82. The minimum Gasteiger partial charge on any atom is -0.383 e. The summed E-state index contributed by atoms with van der Waals surface area (Å²) in [5, 5.41) is 7.31. The van der Waals surface area contributed by atoms with E-state index in [-0.39, 0.29) is 0 Å². The molecule has 0 saturated heterocycles. The lowest BCUT2D eigenvalue weighted by atomic mass is 10.1. The normalized spacial score (nSPS) is 11.7. The molecule has 4 aromatic rings. The van der Waals surface area contributed by atoms with Crippen molar-refractivity contribution in [3.8, 4) is 0 Å². The number of nitrogens with one attached hydrogen (secondary N) is 1. The van der Waals surface area contributed by atoms with Crippen molar-refractivity contribution in [2.45, 2.75) is 13.8 Å². The summed E-state index contributed by atoms with van der Waals surface area (Å²) < 4.78 is 2.26. The number of fused-ring (bicyclic) bond motifs is 2. The number of anilines is 1. The van der Waals surface area contributed by atoms with Crippen LogP contribution in [-0.2, 0) is 7.05 Å². The van der Waals surface area contributed by atoms with Crippen LogP contribution in [-0.4, -0.2) is 23.9 Å². The molecule has 0 aliphatic heterocycles. The zero-order valence-electron chi connectivity index (χ0n) is 16.2. The summed E-state index contributed by atoms with van der Waals surface area (Å²) in [5.41, 5.74) is 6.24. The van der Waals surface area contributed by atoms with Crippen molar-refractivity contribution in [1.82, 2.24) is 4.57 Å². The van der Waals surface area contributed by atoms with Crippen molar-refractivity contribution in [3.63, 3.8) is 0 Å². The maximum atomic E-state index is 4.69. The highest BCUT2D eigenvalue weighted by atomic mass is 15.0. The molecule has 1 heterocycles. The van der Waals surface area contributed by atoms with Gasteiger partial charge in [-0.05, 0) is 30.9 Å². The minimum atomic E-state index is 0.741. The molecular weight excluding hydrogens is 330 g/mol. The molecule has 0 fully saturated rings. The number of aliphatic imine (C=N–C) groups is 1. The molecule has 0 amide bonds. The van der Waals surface area contributed by atoms with Crippen LogP contribution in [0.1, 0.15) is 16.8 Å². The molecule has 0 unspecified atom stereocenters. The van der Waals surface area contributed by atoms with Gasteiger partial charge in [0.1, 0.15) is 0 Å². The average molecular weight is 355 g/mol. The summed E-state index contributed by atoms with van der Waals surface area (Å²) in [6.07, 6.45) is 2.03. The van der Waals surface area contributed by atoms with Crippen LogP contribution in [0.4, 0.5) is 5.69 Å². The predicted molar refractivity (Wildman–Crippen MR) is 117 cm³/mol. The van der Waals surface area contributed by atoms with Gasteiger partial charge < -0.3 is 9.88 Å². The standard InChI is InChI=1S/C24H25N3/c1-17-8-6-12-21-22(18(2)27(3)24(17)21)16-25-14-15-26-23-13-7-10-19-9-4-5-11-20(19)23/h4-13,16,26H,14-15H2,1-3H3. The van der Waals surface area contributed by atoms with E-state index in [1.807, 2.05) is 6.21 Å². The summed E-state index contributed by atoms with van der Waals surface area (Å²) in [6.45, 7) is 5.88. The fourth-order valence-electron chi connectivity index (χ4n) is 3.82. The van der Waals surface area contributed by atoms with Gasteiger partial charge in [0.2, 0.25) is 0 Å². The fraction of sp³-hybridized carbons (Fsp3) is 0.208. The lowest BCUT2D eigenvalue weighted by Gasteiger charge is -2.08. The summed E-state index contributed by atoms with van der Waals surface area (Å²) in [7, 11) is 2.13. The number of rotatable bonds is 5. The van der Waals surface area contributed by atoms with Gasteiger partial charge in [0, 0.05) is 47.5 Å². The van der Waals surface area contributed by atoms with Crippen LogP contribution in [0.15, 0.2) is 65.7 Å². The number of aryl methyl sites for hydroxylation is 2. The first-order valence-corrected chi connectivity index (χ1v) is 9.43. The first kappa shape index (κ1) is 17.3. The van der Waals surface area contributed by atoms with Crippen molar-refractivity contribution < 1.29 is 0 Å². The Bertz CT molecular complexity index is 1130. The van der Waals surface area contributed by atoms with Crippen LogP contribution in [0.25, 0.3) is 21.7 Å². The Balaban J connectivity index is 1.48. The third-order valence-corrected chi connectivity index (χ3v) is 5.32. The van der Waals surface area contributed by atoms with Crippen molar-refractivity contribution >= 4 is 33.6 Å². The van der Waals surface area contributed by atoms with Gasteiger partial charge in [0.25, 0.3) is 0 Å². The van der Waals surface area contributed by atoms with Gasteiger partial charge >= 0.3 is 0 Å². The van der Waals surface area contributed by atoms with Crippen molar-refractivity contribution in [2.24, 2.45) is 12.0 Å². The van der Waals surface area contributed by atoms with Crippen LogP contribution in [0.2, 0.25) is 0 Å². The third kappa shape index (κ3) is 3.21. The van der Waals surface area contributed by atoms with Gasteiger partial charge in [-0.3, -0.25) is 4.99 Å². The number of hydrogen-bond donors (Lipinski definition) is 1. The Hall–Kier alpha value is -3.07. The van der Waals surface area contributed by atoms with Crippen molar-refractivity contribution in [2.75, 3.05) is 18.4 Å². The van der Waals surface area contributed by atoms with Gasteiger partial charge in [-0.2, -0.15) is 0 Å². The summed E-state index contributed by atoms with van der Waals surface area (Å²) in [5.74, 6) is 0. The topological polar surface area (TPSA) is 29.3 Å². The first-order valence-electron chi connectivity index (χ1n) is 9.43. The maximum Gasteiger partial charge on any atom is 0.0562 e. The molecule has 1 N–H and O–H groups in total. The quantitative estimate of drug-likeness (QED) is 0.373. The monoisotopic (exact) mass is 355 g/mol. The van der Waals surface area contributed by atoms with E-state index < -0.39 is 0 Å². The van der Waals surface area contributed by atoms with Crippen molar-refractivity contribution in [1.29, 1.82) is 0 Å². The van der Waals surface area contributed by atoms with Gasteiger partial charge in [0.05, 0.1) is 12.1 Å². The van der Waals surface area contributed by atoms with E-state index in [0.717, 1.165) is 13.1 Å². The second-order valence-electron chi connectivity index (χ2n) is 7.02. The highest BCUT2D eigenvalue weighted by Crippen LogP contribution is 2.26. The molecule has 0 saturated carbocycles. The van der Waals surface area contributed by atoms with Gasteiger partial charge in [-0.15, -0.1) is 0 Å². The summed E-state index contributed by atoms with van der Waals surface area (Å²) >= 11 is 0. The number of benzene rings is 3.